The first kappa shape index (κ1) is 20.5. The summed E-state index contributed by atoms with van der Waals surface area (Å²) in [6.07, 6.45) is 4.85. The number of pyridine rings is 1. The van der Waals surface area contributed by atoms with Crippen LogP contribution >= 0.6 is 24.0 Å². The average molecular weight is 419 g/mol. The number of thioether (sulfide) groups is 1. The molecule has 2 aromatic heterocycles. The molecule has 1 fully saturated rings. The molecule has 1 N–H and O–H groups in total. The Hall–Kier alpha value is -2.23. The minimum atomic E-state index is -0.236. The minimum Gasteiger partial charge on any atom is -0.385 e. The first-order valence-electron chi connectivity index (χ1n) is 9.06. The molecule has 0 saturated carbocycles. The van der Waals surface area contributed by atoms with Gasteiger partial charge in [-0.15, -0.1) is 0 Å². The molecule has 0 radical (unpaired) electrons. The molecule has 9 heteroatoms. The summed E-state index contributed by atoms with van der Waals surface area (Å²) in [4.78, 5) is 32.3. The molecule has 2 aromatic rings. The Kier molecular flexibility index (Phi) is 6.82. The van der Waals surface area contributed by atoms with Crippen molar-refractivity contribution in [3.05, 3.63) is 45.2 Å². The normalized spacial score (nSPS) is 15.8. The summed E-state index contributed by atoms with van der Waals surface area (Å²) in [5.74, 6) is 0.285. The Labute approximate surface area is 172 Å². The van der Waals surface area contributed by atoms with Crippen LogP contribution in [-0.2, 0) is 9.53 Å². The van der Waals surface area contributed by atoms with E-state index in [1.807, 2.05) is 13.0 Å². The number of fused-ring (bicyclic) bond motifs is 1. The van der Waals surface area contributed by atoms with Crippen molar-refractivity contribution in [3.8, 4) is 0 Å². The van der Waals surface area contributed by atoms with E-state index in [0.29, 0.717) is 46.0 Å². The third-order valence-corrected chi connectivity index (χ3v) is 5.56. The lowest BCUT2D eigenvalue weighted by atomic mass is 10.2. The highest BCUT2D eigenvalue weighted by Gasteiger charge is 2.31. The Morgan fingerprint density at radius 1 is 1.36 bits per heavy atom. The van der Waals surface area contributed by atoms with Crippen molar-refractivity contribution >= 4 is 51.7 Å². The number of nitrogens with one attached hydrogen (secondary N) is 1. The van der Waals surface area contributed by atoms with Gasteiger partial charge in [0.15, 0.2) is 0 Å². The van der Waals surface area contributed by atoms with Crippen LogP contribution in [0.3, 0.4) is 0 Å². The van der Waals surface area contributed by atoms with Gasteiger partial charge in [-0.3, -0.25) is 18.9 Å². The SMILES string of the molecule is CCCN1C(=O)/C(=C\c2c(NCCCOC)nc3ccccn3c2=O)SC1=S. The molecule has 3 heterocycles. The van der Waals surface area contributed by atoms with E-state index in [1.54, 1.807) is 36.4 Å². The largest absolute Gasteiger partial charge is 0.385 e. The Morgan fingerprint density at radius 3 is 2.93 bits per heavy atom. The third kappa shape index (κ3) is 4.26. The molecule has 0 atom stereocenters. The molecule has 1 saturated heterocycles. The van der Waals surface area contributed by atoms with Crippen LogP contribution in [-0.4, -0.2) is 51.3 Å². The van der Waals surface area contributed by atoms with E-state index in [2.05, 4.69) is 10.3 Å². The van der Waals surface area contributed by atoms with E-state index < -0.39 is 0 Å². The highest BCUT2D eigenvalue weighted by Crippen LogP contribution is 2.33. The monoisotopic (exact) mass is 418 g/mol. The fourth-order valence-corrected chi connectivity index (χ4v) is 4.13. The molecule has 0 bridgehead atoms. The van der Waals surface area contributed by atoms with Gasteiger partial charge in [-0.2, -0.15) is 0 Å². The van der Waals surface area contributed by atoms with Crippen LogP contribution in [0.4, 0.5) is 5.82 Å². The number of hydrogen-bond acceptors (Lipinski definition) is 7. The second kappa shape index (κ2) is 9.31. The highest BCUT2D eigenvalue weighted by atomic mass is 32.2. The molecule has 148 valence electrons. The van der Waals surface area contributed by atoms with Gasteiger partial charge in [0.1, 0.15) is 15.8 Å². The van der Waals surface area contributed by atoms with Crippen LogP contribution in [0.5, 0.6) is 0 Å². The highest BCUT2D eigenvalue weighted by molar-refractivity contribution is 8.26. The zero-order chi connectivity index (χ0) is 20.1. The van der Waals surface area contributed by atoms with Gasteiger partial charge in [-0.05, 0) is 31.1 Å². The first-order chi connectivity index (χ1) is 13.6. The zero-order valence-electron chi connectivity index (χ0n) is 15.8. The number of methoxy groups -OCH3 is 1. The number of hydrogen-bond donors (Lipinski definition) is 1. The number of anilines is 1. The van der Waals surface area contributed by atoms with Crippen molar-refractivity contribution in [2.24, 2.45) is 0 Å². The first-order valence-corrected chi connectivity index (χ1v) is 10.3. The lowest BCUT2D eigenvalue weighted by molar-refractivity contribution is -0.122. The molecule has 1 aliphatic rings. The molecule has 0 aliphatic carbocycles. The standard InChI is InChI=1S/C19H22N4O3S2/c1-3-9-23-18(25)14(28-19(23)27)12-13-16(20-8-6-11-26-2)21-15-7-4-5-10-22(15)17(13)24/h4-5,7,10,12,20H,3,6,8-9,11H2,1-2H3/b14-12+. The van der Waals surface area contributed by atoms with Crippen molar-refractivity contribution in [3.63, 3.8) is 0 Å². The summed E-state index contributed by atoms with van der Waals surface area (Å²) in [6, 6.07) is 5.37. The summed E-state index contributed by atoms with van der Waals surface area (Å²) >= 11 is 6.53. The van der Waals surface area contributed by atoms with Crippen LogP contribution in [0.15, 0.2) is 34.1 Å². The summed E-state index contributed by atoms with van der Waals surface area (Å²) in [6.45, 7) is 3.76. The maximum Gasteiger partial charge on any atom is 0.267 e. The lowest BCUT2D eigenvalue weighted by Gasteiger charge is -2.12. The molecule has 0 spiro atoms. The van der Waals surface area contributed by atoms with Crippen molar-refractivity contribution < 1.29 is 9.53 Å². The van der Waals surface area contributed by atoms with Gasteiger partial charge >= 0.3 is 0 Å². The number of ether oxygens (including phenoxy) is 1. The number of carbonyl (C=O) groups excluding carboxylic acids is 1. The maximum atomic E-state index is 13.1. The maximum absolute atomic E-state index is 13.1. The topological polar surface area (TPSA) is 75.9 Å². The van der Waals surface area contributed by atoms with Crippen molar-refractivity contribution in [1.82, 2.24) is 14.3 Å². The van der Waals surface area contributed by atoms with Crippen molar-refractivity contribution in [2.75, 3.05) is 32.1 Å². The quantitative estimate of drug-likeness (QED) is 0.401. The lowest BCUT2D eigenvalue weighted by Crippen LogP contribution is -2.28. The van der Waals surface area contributed by atoms with Crippen LogP contribution < -0.4 is 10.9 Å². The predicted molar refractivity (Wildman–Crippen MR) is 117 cm³/mol. The van der Waals surface area contributed by atoms with Crippen molar-refractivity contribution in [2.45, 2.75) is 19.8 Å². The number of aromatic nitrogens is 2. The van der Waals surface area contributed by atoms with Crippen LogP contribution in [0.2, 0.25) is 0 Å². The molecular weight excluding hydrogens is 396 g/mol. The van der Waals surface area contributed by atoms with E-state index in [4.69, 9.17) is 17.0 Å². The van der Waals surface area contributed by atoms with Gasteiger partial charge in [-0.1, -0.05) is 37.0 Å². The number of rotatable bonds is 8. The zero-order valence-corrected chi connectivity index (χ0v) is 17.4. The van der Waals surface area contributed by atoms with Crippen molar-refractivity contribution in [1.29, 1.82) is 0 Å². The molecule has 28 heavy (non-hydrogen) atoms. The smallest absolute Gasteiger partial charge is 0.267 e. The van der Waals surface area contributed by atoms with Crippen LogP contribution in [0, 0.1) is 0 Å². The van der Waals surface area contributed by atoms with Crippen LogP contribution in [0.25, 0.3) is 11.7 Å². The van der Waals surface area contributed by atoms with E-state index in [0.717, 1.165) is 12.8 Å². The molecule has 1 aliphatic heterocycles. The van der Waals surface area contributed by atoms with Gasteiger partial charge in [0.05, 0.1) is 10.5 Å². The number of carbonyl (C=O) groups is 1. The fraction of sp³-hybridized carbons (Fsp3) is 0.368. The van der Waals surface area contributed by atoms with Gasteiger partial charge in [0.2, 0.25) is 0 Å². The second-order valence-electron chi connectivity index (χ2n) is 6.21. The minimum absolute atomic E-state index is 0.167. The average Bonchev–Trinajstić information content (AvgIpc) is 2.96. The van der Waals surface area contributed by atoms with E-state index in [-0.39, 0.29) is 11.5 Å². The third-order valence-electron chi connectivity index (χ3n) is 4.18. The van der Waals surface area contributed by atoms with E-state index in [9.17, 15) is 9.59 Å². The summed E-state index contributed by atoms with van der Waals surface area (Å²) < 4.78 is 7.05. The molecular formula is C19H22N4O3S2. The van der Waals surface area contributed by atoms with E-state index in [1.165, 1.54) is 16.2 Å². The summed E-state index contributed by atoms with van der Waals surface area (Å²) in [7, 11) is 1.64. The molecule has 0 unspecified atom stereocenters. The van der Waals surface area contributed by atoms with Gasteiger partial charge < -0.3 is 10.1 Å². The van der Waals surface area contributed by atoms with Gasteiger partial charge in [0, 0.05) is 33.0 Å². The number of amides is 1. The van der Waals surface area contributed by atoms with Gasteiger partial charge in [-0.25, -0.2) is 4.98 Å². The predicted octanol–water partition coefficient (Wildman–Crippen LogP) is 2.75. The van der Waals surface area contributed by atoms with Gasteiger partial charge in [0.25, 0.3) is 11.5 Å². The summed E-state index contributed by atoms with van der Waals surface area (Å²) in [5, 5.41) is 3.20. The number of nitrogens with zero attached hydrogens (tertiary/aromatic N) is 3. The Morgan fingerprint density at radius 2 is 2.18 bits per heavy atom. The fourth-order valence-electron chi connectivity index (χ4n) is 2.84. The Bertz CT molecular complexity index is 987. The van der Waals surface area contributed by atoms with E-state index >= 15 is 0 Å². The molecule has 7 nitrogen and oxygen atoms in total. The molecule has 1 amide bonds. The molecule has 0 aromatic carbocycles. The second-order valence-corrected chi connectivity index (χ2v) is 7.89. The summed E-state index contributed by atoms with van der Waals surface area (Å²) in [5.41, 5.74) is 0.649. The number of thiocarbonyl (C=S) groups is 1. The molecule has 3 rings (SSSR count). The van der Waals surface area contributed by atoms with Crippen LogP contribution in [0.1, 0.15) is 25.3 Å². The Balaban J connectivity index is 2.03.